The van der Waals surface area contributed by atoms with Gasteiger partial charge in [0, 0.05) is 48.4 Å². The first-order chi connectivity index (χ1) is 17.2. The van der Waals surface area contributed by atoms with Crippen molar-refractivity contribution in [2.75, 3.05) is 51.4 Å². The van der Waals surface area contributed by atoms with Gasteiger partial charge in [-0.3, -0.25) is 19.9 Å². The number of nitrogens with one attached hydrogen (secondary N) is 4. The summed E-state index contributed by atoms with van der Waals surface area (Å²) in [7, 11) is 5.37. The van der Waals surface area contributed by atoms with Crippen LogP contribution in [-0.4, -0.2) is 73.8 Å². The lowest BCUT2D eigenvalue weighted by Gasteiger charge is -2.19. The van der Waals surface area contributed by atoms with Gasteiger partial charge in [-0.05, 0) is 39.2 Å². The van der Waals surface area contributed by atoms with Crippen molar-refractivity contribution in [2.45, 2.75) is 12.8 Å². The highest BCUT2D eigenvalue weighted by molar-refractivity contribution is 6.30. The molecule has 8 nitrogen and oxygen atoms in total. The van der Waals surface area contributed by atoms with Gasteiger partial charge in [-0.25, -0.2) is 0 Å². The van der Waals surface area contributed by atoms with E-state index in [0.717, 1.165) is 23.6 Å². The fourth-order valence-corrected chi connectivity index (χ4v) is 3.51. The number of para-hydroxylation sites is 2. The lowest BCUT2D eigenvalue weighted by atomic mass is 10.00. The van der Waals surface area contributed by atoms with Crippen molar-refractivity contribution in [1.29, 1.82) is 10.8 Å². The minimum absolute atomic E-state index is 0.0515. The molecule has 190 valence electrons. The zero-order valence-electron chi connectivity index (χ0n) is 21.4. The first kappa shape index (κ1) is 28.2. The molecule has 0 spiro atoms. The molecule has 8 heteroatoms. The van der Waals surface area contributed by atoms with E-state index in [1.54, 1.807) is 30.3 Å². The van der Waals surface area contributed by atoms with Crippen LogP contribution in [0.25, 0.3) is 0 Å². The molecule has 0 atom stereocenters. The zero-order valence-corrected chi connectivity index (χ0v) is 21.4. The molecule has 0 aliphatic heterocycles. The van der Waals surface area contributed by atoms with E-state index >= 15 is 0 Å². The molecule has 2 amide bonds. The van der Waals surface area contributed by atoms with E-state index in [9.17, 15) is 9.59 Å². The lowest BCUT2D eigenvalue weighted by molar-refractivity contribution is -0.139. The molecule has 2 aromatic carbocycles. The van der Waals surface area contributed by atoms with Crippen LogP contribution < -0.4 is 10.6 Å². The van der Waals surface area contributed by atoms with Crippen molar-refractivity contribution in [2.24, 2.45) is 0 Å². The van der Waals surface area contributed by atoms with E-state index in [0.29, 0.717) is 29.9 Å². The number of rotatable bonds is 14. The Morgan fingerprint density at radius 3 is 2.14 bits per heavy atom. The van der Waals surface area contributed by atoms with Crippen LogP contribution in [0.5, 0.6) is 0 Å². The molecule has 2 aromatic rings. The van der Waals surface area contributed by atoms with Gasteiger partial charge in [0.1, 0.15) is 0 Å². The van der Waals surface area contributed by atoms with Crippen LogP contribution >= 0.6 is 0 Å². The topological polar surface area (TPSA) is 112 Å². The number of likely N-dealkylation sites (N-methyl/N-ethyl adjacent to an activating group) is 1. The molecule has 0 aliphatic carbocycles. The fourth-order valence-electron chi connectivity index (χ4n) is 3.51. The summed E-state index contributed by atoms with van der Waals surface area (Å²) < 4.78 is 0. The van der Waals surface area contributed by atoms with Crippen LogP contribution in [0, 0.1) is 10.8 Å². The molecular weight excluding hydrogens is 452 g/mol. The molecule has 0 unspecified atom stereocenters. The monoisotopic (exact) mass is 488 g/mol. The Bertz CT molecular complexity index is 1140. The summed E-state index contributed by atoms with van der Waals surface area (Å²) in [4.78, 5) is 28.9. The molecule has 0 aliphatic rings. The fraction of sp³-hybridized carbons (Fsp3) is 0.286. The molecule has 0 heterocycles. The molecule has 0 radical (unpaired) electrons. The number of carbonyl (C=O) groups excluding carboxylic acids is 2. The number of nitrogens with zero attached hydrogens (tertiary/aromatic N) is 2. The summed E-state index contributed by atoms with van der Waals surface area (Å²) in [5.74, 6) is -1.22. The second kappa shape index (κ2) is 13.7. The van der Waals surface area contributed by atoms with Crippen molar-refractivity contribution in [1.82, 2.24) is 9.80 Å². The second-order valence-corrected chi connectivity index (χ2v) is 8.61. The first-order valence-electron chi connectivity index (χ1n) is 11.8. The van der Waals surface area contributed by atoms with Gasteiger partial charge >= 0.3 is 0 Å². The Hall–Kier alpha value is -4.04. The third-order valence-electron chi connectivity index (χ3n) is 5.55. The van der Waals surface area contributed by atoms with Crippen LogP contribution in [0.1, 0.15) is 24.0 Å². The van der Waals surface area contributed by atoms with Crippen molar-refractivity contribution >= 4 is 34.6 Å². The summed E-state index contributed by atoms with van der Waals surface area (Å²) in [5, 5.41) is 23.5. The Balaban J connectivity index is 2.07. The number of hydrogen-bond acceptors (Lipinski definition) is 7. The SMILES string of the molecule is C=CCNc1ccccc1C(=N)CC(=O)N(C)C(=O)C(=C)C(=N)c1ccccc1NCCCN(C)C. The largest absolute Gasteiger partial charge is 0.384 e. The van der Waals surface area contributed by atoms with E-state index in [2.05, 4.69) is 28.7 Å². The number of anilines is 2. The zero-order chi connectivity index (χ0) is 26.7. The number of benzene rings is 2. The Labute approximate surface area is 213 Å². The summed E-state index contributed by atoms with van der Waals surface area (Å²) in [6.45, 7) is 9.64. The number of imide groups is 1. The van der Waals surface area contributed by atoms with Gasteiger partial charge in [0.2, 0.25) is 5.91 Å². The summed E-state index contributed by atoms with van der Waals surface area (Å²) in [5.41, 5.74) is 2.50. The van der Waals surface area contributed by atoms with E-state index in [4.69, 9.17) is 10.8 Å². The molecule has 0 fully saturated rings. The van der Waals surface area contributed by atoms with Crippen molar-refractivity contribution < 1.29 is 9.59 Å². The highest BCUT2D eigenvalue weighted by Crippen LogP contribution is 2.21. The Kier molecular flexibility index (Phi) is 10.8. The normalized spacial score (nSPS) is 10.4. The molecule has 4 N–H and O–H groups in total. The number of amides is 2. The molecule has 36 heavy (non-hydrogen) atoms. The smallest absolute Gasteiger partial charge is 0.261 e. The maximum Gasteiger partial charge on any atom is 0.261 e. The van der Waals surface area contributed by atoms with Gasteiger partial charge in [-0.2, -0.15) is 0 Å². The summed E-state index contributed by atoms with van der Waals surface area (Å²) in [6.07, 6.45) is 2.36. The van der Waals surface area contributed by atoms with E-state index in [1.165, 1.54) is 7.05 Å². The number of carbonyl (C=O) groups is 2. The van der Waals surface area contributed by atoms with Crippen LogP contribution in [0.2, 0.25) is 0 Å². The predicted octanol–water partition coefficient (Wildman–Crippen LogP) is 4.02. The Morgan fingerprint density at radius 1 is 0.944 bits per heavy atom. The molecule has 0 bridgehead atoms. The van der Waals surface area contributed by atoms with Gasteiger partial charge in [0.25, 0.3) is 5.91 Å². The average Bonchev–Trinajstić information content (AvgIpc) is 2.88. The van der Waals surface area contributed by atoms with Gasteiger partial charge in [0.05, 0.1) is 17.7 Å². The maximum absolute atomic E-state index is 13.0. The van der Waals surface area contributed by atoms with Gasteiger partial charge in [-0.15, -0.1) is 6.58 Å². The van der Waals surface area contributed by atoms with E-state index in [1.807, 2.05) is 38.4 Å². The summed E-state index contributed by atoms with van der Waals surface area (Å²) >= 11 is 0. The molecule has 2 rings (SSSR count). The van der Waals surface area contributed by atoms with E-state index < -0.39 is 11.8 Å². The van der Waals surface area contributed by atoms with Crippen molar-refractivity contribution in [3.63, 3.8) is 0 Å². The molecule has 0 aromatic heterocycles. The first-order valence-corrected chi connectivity index (χ1v) is 11.8. The third-order valence-corrected chi connectivity index (χ3v) is 5.55. The van der Waals surface area contributed by atoms with Gasteiger partial charge in [0.15, 0.2) is 0 Å². The number of hydrogen-bond donors (Lipinski definition) is 4. The van der Waals surface area contributed by atoms with Crippen LogP contribution in [-0.2, 0) is 9.59 Å². The highest BCUT2D eigenvalue weighted by Gasteiger charge is 2.25. The summed E-state index contributed by atoms with van der Waals surface area (Å²) in [6, 6.07) is 14.5. The molecule has 0 saturated heterocycles. The maximum atomic E-state index is 13.0. The lowest BCUT2D eigenvalue weighted by Crippen LogP contribution is -2.37. The average molecular weight is 489 g/mol. The predicted molar refractivity (Wildman–Crippen MR) is 148 cm³/mol. The Morgan fingerprint density at radius 2 is 1.53 bits per heavy atom. The molecule has 0 saturated carbocycles. The minimum atomic E-state index is -0.668. The standard InChI is InChI=1S/C28H36N6O2/c1-6-16-31-24-14-9-7-12-21(24)23(29)19-26(35)34(5)28(36)20(2)27(30)22-13-8-10-15-25(22)32-17-11-18-33(3)4/h6-10,12-15,29-32H,1-2,11,16-19H2,3-5H3. The quantitative estimate of drug-likeness (QED) is 0.139. The van der Waals surface area contributed by atoms with Crippen molar-refractivity contribution in [3.05, 3.63) is 84.5 Å². The third kappa shape index (κ3) is 7.74. The highest BCUT2D eigenvalue weighted by atomic mass is 16.2. The molecular formula is C28H36N6O2. The second-order valence-electron chi connectivity index (χ2n) is 8.61. The van der Waals surface area contributed by atoms with Crippen LogP contribution in [0.3, 0.4) is 0 Å². The van der Waals surface area contributed by atoms with Crippen molar-refractivity contribution in [3.8, 4) is 0 Å². The van der Waals surface area contributed by atoms with Crippen LogP contribution in [0.15, 0.2) is 73.3 Å². The van der Waals surface area contributed by atoms with Gasteiger partial charge in [-0.1, -0.05) is 49.1 Å². The minimum Gasteiger partial charge on any atom is -0.384 e. The van der Waals surface area contributed by atoms with E-state index in [-0.39, 0.29) is 23.4 Å². The van der Waals surface area contributed by atoms with Crippen LogP contribution in [0.4, 0.5) is 11.4 Å². The van der Waals surface area contributed by atoms with Gasteiger partial charge < -0.3 is 20.9 Å².